The summed E-state index contributed by atoms with van der Waals surface area (Å²) in [7, 11) is 1.36. The second-order valence-electron chi connectivity index (χ2n) is 6.16. The fourth-order valence-electron chi connectivity index (χ4n) is 2.45. The zero-order valence-corrected chi connectivity index (χ0v) is 16.5. The highest BCUT2D eigenvalue weighted by Gasteiger charge is 2.25. The Kier molecular flexibility index (Phi) is 7.78. The van der Waals surface area contributed by atoms with E-state index in [0.29, 0.717) is 17.1 Å². The van der Waals surface area contributed by atoms with E-state index >= 15 is 0 Å². The van der Waals surface area contributed by atoms with E-state index in [1.807, 2.05) is 30.3 Å². The largest absolute Gasteiger partial charge is 0.339 e. The van der Waals surface area contributed by atoms with Crippen LogP contribution in [-0.2, 0) is 10.5 Å². The van der Waals surface area contributed by atoms with Crippen LogP contribution in [0.4, 0.5) is 0 Å². The second kappa shape index (κ2) is 10.3. The zero-order chi connectivity index (χ0) is 20.5. The Hall–Kier alpha value is -3.11. The molecule has 6 nitrogen and oxygen atoms in total. The molecule has 2 rings (SSSR count). The minimum Gasteiger partial charge on any atom is -0.339 e. The Morgan fingerprint density at radius 2 is 1.79 bits per heavy atom. The highest BCUT2D eigenvalue weighted by atomic mass is 32.2. The number of carbonyl (C=O) groups excluding carboxylic acids is 3. The molecule has 0 bridgehead atoms. The van der Waals surface area contributed by atoms with Crippen molar-refractivity contribution in [1.29, 1.82) is 5.26 Å². The molecule has 0 radical (unpaired) electrons. The molecule has 2 amide bonds. The van der Waals surface area contributed by atoms with Crippen molar-refractivity contribution in [2.45, 2.75) is 18.7 Å². The monoisotopic (exact) mass is 395 g/mol. The van der Waals surface area contributed by atoms with Gasteiger partial charge in [0, 0.05) is 29.7 Å². The molecule has 7 heteroatoms. The Balaban J connectivity index is 2.09. The summed E-state index contributed by atoms with van der Waals surface area (Å²) in [5.41, 5.74) is 1.81. The molecular formula is C21H21N3O3S. The minimum absolute atomic E-state index is 0.148. The van der Waals surface area contributed by atoms with Crippen LogP contribution in [0, 0.1) is 11.5 Å². The molecular weight excluding hydrogens is 374 g/mol. The van der Waals surface area contributed by atoms with Crippen LogP contribution in [0.25, 0.3) is 0 Å². The van der Waals surface area contributed by atoms with Gasteiger partial charge in [0.15, 0.2) is 12.0 Å². The van der Waals surface area contributed by atoms with Gasteiger partial charge in [0.25, 0.3) is 11.8 Å². The van der Waals surface area contributed by atoms with Crippen LogP contribution in [0.1, 0.15) is 33.2 Å². The van der Waals surface area contributed by atoms with Crippen molar-refractivity contribution in [3.63, 3.8) is 0 Å². The maximum absolute atomic E-state index is 12.6. The van der Waals surface area contributed by atoms with Crippen LogP contribution in [0.15, 0.2) is 54.6 Å². The number of likely N-dealkylation sites (N-methyl/N-ethyl adjacent to an activating group) is 1. The number of carbonyl (C=O) groups is 3. The fourth-order valence-corrected chi connectivity index (χ4v) is 3.46. The molecule has 0 aliphatic heterocycles. The van der Waals surface area contributed by atoms with Gasteiger partial charge in [-0.15, -0.1) is 0 Å². The van der Waals surface area contributed by atoms with Crippen LogP contribution in [-0.4, -0.2) is 41.3 Å². The molecule has 0 saturated carbocycles. The van der Waals surface area contributed by atoms with Crippen LogP contribution in [0.2, 0.25) is 0 Å². The lowest BCUT2D eigenvalue weighted by molar-refractivity contribution is -0.128. The van der Waals surface area contributed by atoms with E-state index in [1.54, 1.807) is 24.4 Å². The van der Waals surface area contributed by atoms with Crippen molar-refractivity contribution in [1.82, 2.24) is 10.2 Å². The van der Waals surface area contributed by atoms with E-state index in [9.17, 15) is 14.4 Å². The first-order valence-corrected chi connectivity index (χ1v) is 9.78. The van der Waals surface area contributed by atoms with Crippen molar-refractivity contribution in [3.8, 4) is 6.19 Å². The predicted molar refractivity (Wildman–Crippen MR) is 109 cm³/mol. The first-order valence-electron chi connectivity index (χ1n) is 8.63. The number of hydrogen-bond acceptors (Lipinski definition) is 5. The number of ketones is 1. The molecule has 144 valence electrons. The molecule has 0 fully saturated rings. The number of thioether (sulfide) groups is 1. The van der Waals surface area contributed by atoms with Crippen LogP contribution in [0.3, 0.4) is 0 Å². The van der Waals surface area contributed by atoms with Gasteiger partial charge in [-0.2, -0.15) is 17.0 Å². The van der Waals surface area contributed by atoms with Crippen molar-refractivity contribution < 1.29 is 14.4 Å². The van der Waals surface area contributed by atoms with Crippen LogP contribution < -0.4 is 5.32 Å². The van der Waals surface area contributed by atoms with Crippen molar-refractivity contribution in [3.05, 3.63) is 71.3 Å². The second-order valence-corrected chi connectivity index (χ2v) is 7.19. The smallest absolute Gasteiger partial charge is 0.258 e. The van der Waals surface area contributed by atoms with Crippen molar-refractivity contribution in [2.24, 2.45) is 0 Å². The Morgan fingerprint density at radius 1 is 1.11 bits per heavy atom. The molecule has 0 spiro atoms. The molecule has 0 aliphatic rings. The average molecular weight is 395 g/mol. The Morgan fingerprint density at radius 3 is 2.43 bits per heavy atom. The molecule has 2 aromatic rings. The number of nitriles is 1. The van der Waals surface area contributed by atoms with Crippen LogP contribution in [0.5, 0.6) is 0 Å². The van der Waals surface area contributed by atoms with Gasteiger partial charge in [-0.05, 0) is 24.6 Å². The summed E-state index contributed by atoms with van der Waals surface area (Å²) in [6, 6.07) is 15.2. The van der Waals surface area contributed by atoms with Gasteiger partial charge in [-0.1, -0.05) is 42.5 Å². The quantitative estimate of drug-likeness (QED) is 0.422. The number of Topliss-reactive ketones (excluding diaryl/α,β-unsaturated/α-hetero) is 1. The van der Waals surface area contributed by atoms with E-state index in [-0.39, 0.29) is 11.3 Å². The highest BCUT2D eigenvalue weighted by molar-refractivity contribution is 7.98. The zero-order valence-electron chi connectivity index (χ0n) is 15.7. The maximum Gasteiger partial charge on any atom is 0.258 e. The SMILES string of the molecule is CC(=O)c1cccc(C(=O)NC(CSCc2ccccc2)C(=O)N(C)C#N)c1. The summed E-state index contributed by atoms with van der Waals surface area (Å²) in [4.78, 5) is 37.5. The predicted octanol–water partition coefficient (Wildman–Crippen LogP) is 2.86. The van der Waals surface area contributed by atoms with Gasteiger partial charge < -0.3 is 5.32 Å². The lowest BCUT2D eigenvalue weighted by Gasteiger charge is -2.20. The van der Waals surface area contributed by atoms with Crippen molar-refractivity contribution in [2.75, 3.05) is 12.8 Å². The van der Waals surface area contributed by atoms with Gasteiger partial charge in [0.05, 0.1) is 0 Å². The standard InChI is InChI=1S/C21H21N3O3S/c1-15(25)17-9-6-10-18(11-17)20(26)23-19(21(27)24(2)14-22)13-28-12-16-7-4-3-5-8-16/h3-11,19H,12-13H2,1-2H3,(H,23,26). The summed E-state index contributed by atoms with van der Waals surface area (Å²) in [5, 5.41) is 11.7. The lowest BCUT2D eigenvalue weighted by Crippen LogP contribution is -2.47. The van der Waals surface area contributed by atoms with Crippen LogP contribution >= 0.6 is 11.8 Å². The first kappa shape index (κ1) is 21.2. The molecule has 28 heavy (non-hydrogen) atoms. The number of hydrogen-bond donors (Lipinski definition) is 1. The minimum atomic E-state index is -0.855. The highest BCUT2D eigenvalue weighted by Crippen LogP contribution is 2.14. The maximum atomic E-state index is 12.6. The Labute approximate surface area is 168 Å². The summed E-state index contributed by atoms with van der Waals surface area (Å²) < 4.78 is 0. The number of nitrogens with one attached hydrogen (secondary N) is 1. The lowest BCUT2D eigenvalue weighted by atomic mass is 10.1. The van der Waals surface area contributed by atoms with Gasteiger partial charge in [-0.25, -0.2) is 0 Å². The molecule has 2 aromatic carbocycles. The number of nitrogens with zero attached hydrogens (tertiary/aromatic N) is 2. The third-order valence-corrected chi connectivity index (χ3v) is 5.12. The number of rotatable bonds is 8. The number of benzene rings is 2. The fraction of sp³-hybridized carbons (Fsp3) is 0.238. The van der Waals surface area contributed by atoms with E-state index in [4.69, 9.17) is 5.26 Å². The molecule has 1 N–H and O–H groups in total. The summed E-state index contributed by atoms with van der Waals surface area (Å²) in [6.07, 6.45) is 1.77. The van der Waals surface area contributed by atoms with Gasteiger partial charge in [-0.3, -0.25) is 19.3 Å². The van der Waals surface area contributed by atoms with E-state index < -0.39 is 17.9 Å². The number of amides is 2. The molecule has 0 aromatic heterocycles. The Bertz CT molecular complexity index is 893. The topological polar surface area (TPSA) is 90.3 Å². The average Bonchev–Trinajstić information content (AvgIpc) is 2.72. The molecule has 1 atom stereocenters. The third-order valence-electron chi connectivity index (χ3n) is 4.01. The van der Waals surface area contributed by atoms with E-state index in [2.05, 4.69) is 5.32 Å². The summed E-state index contributed by atoms with van der Waals surface area (Å²) >= 11 is 1.49. The summed E-state index contributed by atoms with van der Waals surface area (Å²) in [6.45, 7) is 1.42. The van der Waals surface area contributed by atoms with Crippen molar-refractivity contribution >= 4 is 29.4 Å². The molecule has 0 heterocycles. The van der Waals surface area contributed by atoms with Gasteiger partial charge in [0.2, 0.25) is 0 Å². The summed E-state index contributed by atoms with van der Waals surface area (Å²) in [5.74, 6) is -0.105. The molecule has 1 unspecified atom stereocenters. The molecule has 0 aliphatic carbocycles. The van der Waals surface area contributed by atoms with Gasteiger partial charge in [0.1, 0.15) is 6.04 Å². The van der Waals surface area contributed by atoms with Gasteiger partial charge >= 0.3 is 0 Å². The normalized spacial score (nSPS) is 11.2. The first-order chi connectivity index (χ1) is 13.4. The third kappa shape index (κ3) is 5.96. The van der Waals surface area contributed by atoms with E-state index in [1.165, 1.54) is 31.8 Å². The molecule has 0 saturated heterocycles. The van der Waals surface area contributed by atoms with E-state index in [0.717, 1.165) is 10.5 Å².